The lowest BCUT2D eigenvalue weighted by Gasteiger charge is -2.18. The first-order valence-electron chi connectivity index (χ1n) is 5.95. The summed E-state index contributed by atoms with van der Waals surface area (Å²) in [6.45, 7) is 0.367. The maximum atomic E-state index is 12.6. The minimum Gasteiger partial charge on any atom is -0.207 e. The lowest BCUT2D eigenvalue weighted by molar-refractivity contribution is 0.473. The summed E-state index contributed by atoms with van der Waals surface area (Å²) in [5, 5.41) is 2.18. The van der Waals surface area contributed by atoms with E-state index in [0.717, 1.165) is 4.88 Å². The second-order valence-electron chi connectivity index (χ2n) is 4.35. The number of sulfonamides is 1. The van der Waals surface area contributed by atoms with E-state index in [1.165, 1.54) is 23.5 Å². The Morgan fingerprint density at radius 2 is 1.90 bits per heavy atom. The SMILES string of the molecule is CN(CCc1cccs1)S(=O)(=O)c1c(Cl)cc(Br)cc1Cl. The van der Waals surface area contributed by atoms with Gasteiger partial charge in [-0.2, -0.15) is 0 Å². The van der Waals surface area contributed by atoms with Crippen molar-refractivity contribution in [1.29, 1.82) is 0 Å². The summed E-state index contributed by atoms with van der Waals surface area (Å²) in [5.41, 5.74) is 0. The zero-order chi connectivity index (χ0) is 15.6. The van der Waals surface area contributed by atoms with Crippen LogP contribution in [0.3, 0.4) is 0 Å². The van der Waals surface area contributed by atoms with Crippen molar-refractivity contribution in [2.75, 3.05) is 13.6 Å². The topological polar surface area (TPSA) is 37.4 Å². The van der Waals surface area contributed by atoms with Gasteiger partial charge in [0, 0.05) is 22.9 Å². The van der Waals surface area contributed by atoms with Crippen LogP contribution >= 0.6 is 50.5 Å². The predicted octanol–water partition coefficient (Wildman–Crippen LogP) is 4.68. The van der Waals surface area contributed by atoms with Crippen molar-refractivity contribution in [3.05, 3.63) is 49.0 Å². The highest BCUT2D eigenvalue weighted by Gasteiger charge is 2.26. The van der Waals surface area contributed by atoms with Crippen LogP contribution < -0.4 is 0 Å². The Kier molecular flexibility index (Phi) is 5.73. The summed E-state index contributed by atoms with van der Waals surface area (Å²) in [7, 11) is -2.19. The van der Waals surface area contributed by atoms with Crippen molar-refractivity contribution in [3.63, 3.8) is 0 Å². The zero-order valence-electron chi connectivity index (χ0n) is 11.0. The van der Waals surface area contributed by atoms with Crippen molar-refractivity contribution >= 4 is 60.5 Å². The van der Waals surface area contributed by atoms with E-state index >= 15 is 0 Å². The maximum absolute atomic E-state index is 12.6. The number of benzene rings is 1. The fraction of sp³-hybridized carbons (Fsp3) is 0.231. The molecule has 1 heterocycles. The summed E-state index contributed by atoms with van der Waals surface area (Å²) in [6.07, 6.45) is 0.652. The van der Waals surface area contributed by atoms with Gasteiger partial charge in [-0.05, 0) is 30.0 Å². The molecule has 114 valence electrons. The molecule has 0 radical (unpaired) electrons. The molecule has 1 aromatic carbocycles. The van der Waals surface area contributed by atoms with E-state index in [4.69, 9.17) is 23.2 Å². The molecule has 1 aromatic heterocycles. The van der Waals surface area contributed by atoms with Crippen LogP contribution in [0.15, 0.2) is 39.0 Å². The highest BCUT2D eigenvalue weighted by Crippen LogP contribution is 2.34. The average Bonchev–Trinajstić information content (AvgIpc) is 2.87. The third-order valence-electron chi connectivity index (χ3n) is 2.88. The van der Waals surface area contributed by atoms with Gasteiger partial charge in [0.2, 0.25) is 10.0 Å². The van der Waals surface area contributed by atoms with Gasteiger partial charge in [0.15, 0.2) is 0 Å². The fourth-order valence-electron chi connectivity index (χ4n) is 1.77. The van der Waals surface area contributed by atoms with Gasteiger partial charge >= 0.3 is 0 Å². The fourth-order valence-corrected chi connectivity index (χ4v) is 5.52. The molecule has 0 amide bonds. The average molecular weight is 429 g/mol. The highest BCUT2D eigenvalue weighted by molar-refractivity contribution is 9.10. The second-order valence-corrected chi connectivity index (χ2v) is 9.10. The van der Waals surface area contributed by atoms with Gasteiger partial charge in [-0.1, -0.05) is 45.2 Å². The molecule has 2 rings (SSSR count). The van der Waals surface area contributed by atoms with Crippen LogP contribution in [0.4, 0.5) is 0 Å². The third-order valence-corrected chi connectivity index (χ3v) is 7.06. The number of hydrogen-bond donors (Lipinski definition) is 0. The number of rotatable bonds is 5. The largest absolute Gasteiger partial charge is 0.245 e. The molecular weight excluding hydrogens is 417 g/mol. The molecule has 0 unspecified atom stereocenters. The van der Waals surface area contributed by atoms with E-state index in [1.54, 1.807) is 11.3 Å². The lowest BCUT2D eigenvalue weighted by atomic mass is 10.3. The summed E-state index contributed by atoms with van der Waals surface area (Å²) < 4.78 is 27.1. The van der Waals surface area contributed by atoms with Gasteiger partial charge in [0.25, 0.3) is 0 Å². The Labute approximate surface area is 146 Å². The van der Waals surface area contributed by atoms with E-state index in [-0.39, 0.29) is 14.9 Å². The quantitative estimate of drug-likeness (QED) is 0.693. The molecule has 0 spiro atoms. The van der Waals surface area contributed by atoms with Crippen LogP contribution in [0.25, 0.3) is 0 Å². The lowest BCUT2D eigenvalue weighted by Crippen LogP contribution is -2.29. The smallest absolute Gasteiger partial charge is 0.207 e. The molecule has 0 N–H and O–H groups in total. The van der Waals surface area contributed by atoms with E-state index < -0.39 is 10.0 Å². The number of thiophene rings is 1. The standard InChI is InChI=1S/C13H12BrCl2NO2S2/c1-17(5-4-10-3-2-6-20-10)21(18,19)13-11(15)7-9(14)8-12(13)16/h2-3,6-8H,4-5H2,1H3. The molecule has 0 saturated carbocycles. The molecule has 0 bridgehead atoms. The first-order valence-corrected chi connectivity index (χ1v) is 9.82. The Morgan fingerprint density at radius 3 is 2.43 bits per heavy atom. The van der Waals surface area contributed by atoms with Gasteiger partial charge in [0.05, 0.1) is 10.0 Å². The summed E-state index contributed by atoms with van der Waals surface area (Å²) in [5.74, 6) is 0. The molecule has 2 aromatic rings. The van der Waals surface area contributed by atoms with Gasteiger partial charge in [-0.3, -0.25) is 0 Å². The van der Waals surface area contributed by atoms with Crippen LogP contribution in [0.2, 0.25) is 10.0 Å². The monoisotopic (exact) mass is 427 g/mol. The number of likely N-dealkylation sites (N-methyl/N-ethyl adjacent to an activating group) is 1. The van der Waals surface area contributed by atoms with E-state index in [0.29, 0.717) is 17.4 Å². The first kappa shape index (κ1) is 17.2. The Bertz CT molecular complexity index is 710. The van der Waals surface area contributed by atoms with Crippen LogP contribution in [0, 0.1) is 0 Å². The van der Waals surface area contributed by atoms with Gasteiger partial charge in [-0.25, -0.2) is 12.7 Å². The summed E-state index contributed by atoms with van der Waals surface area (Å²) >= 11 is 16.9. The van der Waals surface area contributed by atoms with E-state index in [9.17, 15) is 8.42 Å². The Balaban J connectivity index is 2.25. The number of halogens is 3. The van der Waals surface area contributed by atoms with Crippen LogP contribution in [-0.2, 0) is 16.4 Å². The van der Waals surface area contributed by atoms with Crippen LogP contribution in [0.5, 0.6) is 0 Å². The molecule has 0 aliphatic heterocycles. The normalized spacial score (nSPS) is 12.0. The number of hydrogen-bond acceptors (Lipinski definition) is 3. The predicted molar refractivity (Wildman–Crippen MR) is 92.0 cm³/mol. The van der Waals surface area contributed by atoms with Gasteiger partial charge < -0.3 is 0 Å². The zero-order valence-corrected chi connectivity index (χ0v) is 15.7. The Hall–Kier alpha value is -0.110. The van der Waals surface area contributed by atoms with Crippen LogP contribution in [0.1, 0.15) is 4.88 Å². The molecule has 0 fully saturated rings. The molecule has 0 atom stereocenters. The molecule has 3 nitrogen and oxygen atoms in total. The second kappa shape index (κ2) is 6.98. The maximum Gasteiger partial charge on any atom is 0.245 e. The molecule has 0 saturated heterocycles. The van der Waals surface area contributed by atoms with Crippen molar-refractivity contribution in [1.82, 2.24) is 4.31 Å². The van der Waals surface area contributed by atoms with E-state index in [2.05, 4.69) is 15.9 Å². The third kappa shape index (κ3) is 4.00. The Morgan fingerprint density at radius 1 is 1.29 bits per heavy atom. The first-order chi connectivity index (χ1) is 9.82. The molecule has 0 aliphatic rings. The molecule has 0 aliphatic carbocycles. The van der Waals surface area contributed by atoms with Crippen molar-refractivity contribution in [3.8, 4) is 0 Å². The summed E-state index contributed by atoms with van der Waals surface area (Å²) in [4.78, 5) is 1.08. The van der Waals surface area contributed by atoms with Gasteiger partial charge in [-0.15, -0.1) is 11.3 Å². The number of nitrogens with zero attached hydrogens (tertiary/aromatic N) is 1. The van der Waals surface area contributed by atoms with Crippen molar-refractivity contribution in [2.45, 2.75) is 11.3 Å². The van der Waals surface area contributed by atoms with Crippen molar-refractivity contribution in [2.24, 2.45) is 0 Å². The minimum absolute atomic E-state index is 0.0530. The summed E-state index contributed by atoms with van der Waals surface area (Å²) in [6, 6.07) is 6.96. The van der Waals surface area contributed by atoms with Crippen LogP contribution in [-0.4, -0.2) is 26.3 Å². The van der Waals surface area contributed by atoms with Gasteiger partial charge in [0.1, 0.15) is 4.90 Å². The molecule has 21 heavy (non-hydrogen) atoms. The van der Waals surface area contributed by atoms with Crippen molar-refractivity contribution < 1.29 is 8.42 Å². The van der Waals surface area contributed by atoms with E-state index in [1.807, 2.05) is 17.5 Å². The molecular formula is C13H12BrCl2NO2S2. The highest BCUT2D eigenvalue weighted by atomic mass is 79.9. The molecule has 8 heteroatoms. The minimum atomic E-state index is -3.72.